The number of rotatable bonds is 5. The fraction of sp³-hybridized carbons (Fsp3) is 0.235. The molecule has 0 spiro atoms. The van der Waals surface area contributed by atoms with Crippen molar-refractivity contribution in [2.24, 2.45) is 0 Å². The summed E-state index contributed by atoms with van der Waals surface area (Å²) >= 11 is 11.8. The molecule has 0 unspecified atom stereocenters. The predicted octanol–water partition coefficient (Wildman–Crippen LogP) is 3.55. The quantitative estimate of drug-likeness (QED) is 0.811. The molecule has 2 aromatic rings. The number of hydrogen-bond acceptors (Lipinski definition) is 4. The Morgan fingerprint density at radius 1 is 1.15 bits per heavy atom. The van der Waals surface area contributed by atoms with Crippen LogP contribution < -0.4 is 14.4 Å². The van der Waals surface area contributed by atoms with Crippen LogP contribution in [0, 0.1) is 0 Å². The number of carbonyl (C=O) groups excluding carboxylic acids is 1. The van der Waals surface area contributed by atoms with Crippen molar-refractivity contribution in [2.45, 2.75) is 6.42 Å². The zero-order valence-electron chi connectivity index (χ0n) is 13.6. The third-order valence-electron chi connectivity index (χ3n) is 3.79. The fourth-order valence-electron chi connectivity index (χ4n) is 2.57. The molecule has 1 saturated heterocycles. The van der Waals surface area contributed by atoms with E-state index in [9.17, 15) is 13.2 Å². The molecular weight excluding hydrogens is 399 g/mol. The smallest absolute Gasteiger partial charge is 0.262 e. The van der Waals surface area contributed by atoms with E-state index in [1.54, 1.807) is 36.4 Å². The number of halogens is 2. The summed E-state index contributed by atoms with van der Waals surface area (Å²) in [4.78, 5) is 12.0. The van der Waals surface area contributed by atoms with Crippen LogP contribution >= 0.6 is 23.2 Å². The average Bonchev–Trinajstić information content (AvgIpc) is 2.95. The van der Waals surface area contributed by atoms with Crippen LogP contribution in [0.15, 0.2) is 42.5 Å². The van der Waals surface area contributed by atoms with Crippen molar-refractivity contribution in [1.29, 1.82) is 0 Å². The Morgan fingerprint density at radius 3 is 2.54 bits per heavy atom. The molecule has 0 aromatic heterocycles. The largest absolute Gasteiger partial charge is 0.482 e. The van der Waals surface area contributed by atoms with Crippen LogP contribution in [0.25, 0.3) is 0 Å². The fourth-order valence-corrected chi connectivity index (χ4v) is 4.47. The van der Waals surface area contributed by atoms with Gasteiger partial charge in [0.25, 0.3) is 5.91 Å². The van der Waals surface area contributed by atoms with E-state index in [4.69, 9.17) is 27.9 Å². The van der Waals surface area contributed by atoms with E-state index < -0.39 is 10.0 Å². The van der Waals surface area contributed by atoms with Crippen molar-refractivity contribution in [2.75, 3.05) is 28.5 Å². The van der Waals surface area contributed by atoms with Crippen molar-refractivity contribution in [3.8, 4) is 5.75 Å². The number of anilines is 2. The number of hydrogen-bond donors (Lipinski definition) is 1. The molecule has 1 fully saturated rings. The van der Waals surface area contributed by atoms with Gasteiger partial charge in [-0.15, -0.1) is 0 Å². The lowest BCUT2D eigenvalue weighted by atomic mass is 10.2. The molecule has 1 heterocycles. The maximum Gasteiger partial charge on any atom is 0.262 e. The Labute approximate surface area is 161 Å². The van der Waals surface area contributed by atoms with E-state index in [2.05, 4.69) is 5.32 Å². The summed E-state index contributed by atoms with van der Waals surface area (Å²) in [7, 11) is -3.22. The Kier molecular flexibility index (Phi) is 5.60. The highest BCUT2D eigenvalue weighted by Gasteiger charge is 2.28. The highest BCUT2D eigenvalue weighted by Crippen LogP contribution is 2.28. The van der Waals surface area contributed by atoms with Gasteiger partial charge in [0.2, 0.25) is 10.0 Å². The molecule has 0 bridgehead atoms. The maximum atomic E-state index is 12.0. The summed E-state index contributed by atoms with van der Waals surface area (Å²) in [6.07, 6.45) is 0.615. The minimum atomic E-state index is -3.22. The molecule has 138 valence electrons. The van der Waals surface area contributed by atoms with Crippen molar-refractivity contribution in [3.63, 3.8) is 0 Å². The van der Waals surface area contributed by atoms with Crippen LogP contribution in [0.4, 0.5) is 11.4 Å². The van der Waals surface area contributed by atoms with Crippen LogP contribution in [-0.2, 0) is 14.8 Å². The molecule has 6 nitrogen and oxygen atoms in total. The minimum absolute atomic E-state index is 0.162. The number of benzene rings is 2. The van der Waals surface area contributed by atoms with E-state index in [0.29, 0.717) is 40.1 Å². The van der Waals surface area contributed by atoms with E-state index in [0.717, 1.165) is 0 Å². The zero-order valence-corrected chi connectivity index (χ0v) is 15.9. The summed E-state index contributed by atoms with van der Waals surface area (Å²) in [6.45, 7) is 0.241. The first-order chi connectivity index (χ1) is 12.3. The first kappa shape index (κ1) is 18.8. The van der Waals surface area contributed by atoms with Crippen LogP contribution in [0.2, 0.25) is 10.0 Å². The molecule has 1 N–H and O–H groups in total. The van der Waals surface area contributed by atoms with Gasteiger partial charge in [-0.05, 0) is 42.8 Å². The number of carbonyl (C=O) groups is 1. The first-order valence-electron chi connectivity index (χ1n) is 7.83. The summed E-state index contributed by atoms with van der Waals surface area (Å²) in [5, 5.41) is 3.49. The molecule has 9 heteroatoms. The molecule has 3 rings (SSSR count). The van der Waals surface area contributed by atoms with Crippen LogP contribution in [0.1, 0.15) is 6.42 Å². The molecule has 0 atom stereocenters. The highest BCUT2D eigenvalue weighted by molar-refractivity contribution is 7.93. The lowest BCUT2D eigenvalue weighted by Gasteiger charge is -2.17. The van der Waals surface area contributed by atoms with Crippen molar-refractivity contribution < 1.29 is 17.9 Å². The lowest BCUT2D eigenvalue weighted by molar-refractivity contribution is -0.118. The topological polar surface area (TPSA) is 75.7 Å². The number of sulfonamides is 1. The number of amides is 1. The third-order valence-corrected chi connectivity index (χ3v) is 6.21. The molecule has 1 aliphatic heterocycles. The van der Waals surface area contributed by atoms with Gasteiger partial charge in [0, 0.05) is 23.3 Å². The molecule has 2 aromatic carbocycles. The molecule has 0 saturated carbocycles. The lowest BCUT2D eigenvalue weighted by Crippen LogP contribution is -2.25. The molecule has 0 aliphatic carbocycles. The van der Waals surface area contributed by atoms with Crippen molar-refractivity contribution in [1.82, 2.24) is 0 Å². The molecular formula is C17H16Cl2N2O4S. The zero-order chi connectivity index (χ0) is 18.7. The predicted molar refractivity (Wildman–Crippen MR) is 103 cm³/mol. The van der Waals surface area contributed by atoms with Gasteiger partial charge >= 0.3 is 0 Å². The van der Waals surface area contributed by atoms with Gasteiger partial charge in [-0.25, -0.2) is 8.42 Å². The number of ether oxygens (including phenoxy) is 1. The van der Waals surface area contributed by atoms with Gasteiger partial charge in [0.05, 0.1) is 16.5 Å². The summed E-state index contributed by atoms with van der Waals surface area (Å²) in [5.41, 5.74) is 1.12. The van der Waals surface area contributed by atoms with Gasteiger partial charge in [-0.1, -0.05) is 23.2 Å². The Hall–Kier alpha value is -1.96. The summed E-state index contributed by atoms with van der Waals surface area (Å²) in [5.74, 6) is 0.112. The normalized spacial score (nSPS) is 15.7. The average molecular weight is 415 g/mol. The van der Waals surface area contributed by atoms with Crippen molar-refractivity contribution in [3.05, 3.63) is 52.5 Å². The highest BCUT2D eigenvalue weighted by atomic mass is 35.5. The minimum Gasteiger partial charge on any atom is -0.482 e. The van der Waals surface area contributed by atoms with Gasteiger partial charge in [-0.3, -0.25) is 9.10 Å². The Bertz CT molecular complexity index is 917. The Balaban J connectivity index is 1.59. The molecule has 26 heavy (non-hydrogen) atoms. The van der Waals surface area contributed by atoms with Crippen LogP contribution in [0.5, 0.6) is 5.75 Å². The van der Waals surface area contributed by atoms with E-state index in [1.165, 1.54) is 10.4 Å². The molecule has 1 aliphatic rings. The van der Waals surface area contributed by atoms with E-state index in [-0.39, 0.29) is 18.3 Å². The van der Waals surface area contributed by atoms with Crippen LogP contribution in [0.3, 0.4) is 0 Å². The summed E-state index contributed by atoms with van der Waals surface area (Å²) < 4.78 is 30.6. The second kappa shape index (κ2) is 7.73. The first-order valence-corrected chi connectivity index (χ1v) is 10.2. The van der Waals surface area contributed by atoms with Crippen molar-refractivity contribution >= 4 is 50.5 Å². The van der Waals surface area contributed by atoms with Gasteiger partial charge in [0.15, 0.2) is 6.61 Å². The second-order valence-corrected chi connectivity index (χ2v) is 8.56. The summed E-state index contributed by atoms with van der Waals surface area (Å²) in [6, 6.07) is 11.4. The maximum absolute atomic E-state index is 12.0. The monoisotopic (exact) mass is 414 g/mol. The van der Waals surface area contributed by atoms with E-state index in [1.807, 2.05) is 0 Å². The van der Waals surface area contributed by atoms with Gasteiger partial charge < -0.3 is 10.1 Å². The SMILES string of the molecule is O=C(COc1cc(Cl)ccc1Cl)Nc1ccc(N2CCCS2(=O)=O)cc1. The van der Waals surface area contributed by atoms with Gasteiger partial charge in [-0.2, -0.15) is 0 Å². The third kappa shape index (κ3) is 4.41. The molecule has 0 radical (unpaired) electrons. The van der Waals surface area contributed by atoms with E-state index >= 15 is 0 Å². The molecule has 1 amide bonds. The second-order valence-electron chi connectivity index (χ2n) is 5.70. The Morgan fingerprint density at radius 2 is 1.88 bits per heavy atom. The standard InChI is InChI=1S/C17H16Cl2N2O4S/c18-12-2-7-15(19)16(10-12)25-11-17(22)20-13-3-5-14(6-4-13)21-8-1-9-26(21,23)24/h2-7,10H,1,8-9,11H2,(H,20,22). The number of nitrogens with zero attached hydrogens (tertiary/aromatic N) is 1. The van der Waals surface area contributed by atoms with Crippen LogP contribution in [-0.4, -0.2) is 33.2 Å². The van der Waals surface area contributed by atoms with Gasteiger partial charge in [0.1, 0.15) is 5.75 Å². The number of nitrogens with one attached hydrogen (secondary N) is 1.